The van der Waals surface area contributed by atoms with E-state index in [0.29, 0.717) is 38.3 Å². The Bertz CT molecular complexity index is 919. The first-order valence-corrected chi connectivity index (χ1v) is 9.29. The lowest BCUT2D eigenvalue weighted by Crippen LogP contribution is -2.53. The number of nitrogens with zero attached hydrogens (tertiary/aromatic N) is 3. The van der Waals surface area contributed by atoms with Gasteiger partial charge in [-0.15, -0.1) is 0 Å². The minimum Gasteiger partial charge on any atom is -0.487 e. The van der Waals surface area contributed by atoms with Gasteiger partial charge in [0, 0.05) is 25.7 Å². The van der Waals surface area contributed by atoms with Crippen LogP contribution in [-0.2, 0) is 17.8 Å². The van der Waals surface area contributed by atoms with Crippen molar-refractivity contribution in [3.05, 3.63) is 66.0 Å². The summed E-state index contributed by atoms with van der Waals surface area (Å²) in [6.07, 6.45) is 4.16. The molecule has 0 unspecified atom stereocenters. The van der Waals surface area contributed by atoms with Gasteiger partial charge in [0.1, 0.15) is 12.4 Å². The molecule has 2 N–H and O–H groups in total. The summed E-state index contributed by atoms with van der Waals surface area (Å²) in [6, 6.07) is 13.7. The fourth-order valence-electron chi connectivity index (χ4n) is 3.13. The van der Waals surface area contributed by atoms with Crippen molar-refractivity contribution >= 4 is 5.91 Å². The van der Waals surface area contributed by atoms with Crippen molar-refractivity contribution in [2.75, 3.05) is 13.1 Å². The van der Waals surface area contributed by atoms with Gasteiger partial charge in [0.25, 0.3) is 0 Å². The van der Waals surface area contributed by atoms with Crippen molar-refractivity contribution in [2.24, 2.45) is 0 Å². The van der Waals surface area contributed by atoms with Crippen molar-refractivity contribution in [3.8, 4) is 17.1 Å². The second kappa shape index (κ2) is 8.22. The van der Waals surface area contributed by atoms with Crippen molar-refractivity contribution < 1.29 is 14.6 Å². The number of hydrogen-bond acceptors (Lipinski definition) is 5. The Morgan fingerprint density at radius 3 is 2.79 bits per heavy atom. The molecule has 1 saturated heterocycles. The number of aromatic amines is 1. The molecule has 0 spiro atoms. The van der Waals surface area contributed by atoms with Crippen LogP contribution in [0.1, 0.15) is 17.5 Å². The number of aliphatic hydroxyl groups is 1. The Kier molecular flexibility index (Phi) is 5.34. The number of ether oxygens (including phenoxy) is 1. The van der Waals surface area contributed by atoms with Gasteiger partial charge in [-0.25, -0.2) is 0 Å². The number of β-amino-alcohol motifs (C(OH)–C–C–N with tert-alkyl or cyclic N) is 1. The number of aliphatic hydroxyl groups excluding tert-OH is 1. The quantitative estimate of drug-likeness (QED) is 0.658. The zero-order valence-corrected chi connectivity index (χ0v) is 15.4. The number of aromatic nitrogens is 3. The fraction of sp³-hybridized carbons (Fsp3) is 0.286. The first-order chi connectivity index (χ1) is 13.7. The minimum absolute atomic E-state index is 0.0929. The molecule has 1 aliphatic heterocycles. The fourth-order valence-corrected chi connectivity index (χ4v) is 3.13. The van der Waals surface area contributed by atoms with Crippen LogP contribution in [0.15, 0.2) is 54.9 Å². The van der Waals surface area contributed by atoms with E-state index in [-0.39, 0.29) is 12.0 Å². The molecule has 0 radical (unpaired) electrons. The van der Waals surface area contributed by atoms with Gasteiger partial charge in [0.2, 0.25) is 5.91 Å². The van der Waals surface area contributed by atoms with Gasteiger partial charge >= 0.3 is 0 Å². The number of pyridine rings is 1. The van der Waals surface area contributed by atoms with E-state index in [1.165, 1.54) is 0 Å². The van der Waals surface area contributed by atoms with E-state index in [9.17, 15) is 9.90 Å². The lowest BCUT2D eigenvalue weighted by molar-refractivity contribution is -0.141. The smallest absolute Gasteiger partial charge is 0.223 e. The highest BCUT2D eigenvalue weighted by atomic mass is 16.5. The summed E-state index contributed by atoms with van der Waals surface area (Å²) in [5, 5.41) is 16.1. The van der Waals surface area contributed by atoms with Crippen LogP contribution in [0.5, 0.6) is 5.75 Å². The number of aryl methyl sites for hydroxylation is 1. The molecule has 4 rings (SSSR count). The highest BCUT2D eigenvalue weighted by Gasteiger charge is 2.28. The van der Waals surface area contributed by atoms with Crippen LogP contribution in [0.4, 0.5) is 0 Å². The molecular weight excluding hydrogens is 356 g/mol. The van der Waals surface area contributed by atoms with Gasteiger partial charge in [0.15, 0.2) is 0 Å². The number of carbonyl (C=O) groups excluding carboxylic acids is 1. The Labute approximate surface area is 163 Å². The number of carbonyl (C=O) groups is 1. The van der Waals surface area contributed by atoms with Gasteiger partial charge in [-0.1, -0.05) is 24.3 Å². The monoisotopic (exact) mass is 378 g/mol. The van der Waals surface area contributed by atoms with Crippen molar-refractivity contribution in [3.63, 3.8) is 0 Å². The van der Waals surface area contributed by atoms with Crippen LogP contribution in [0.3, 0.4) is 0 Å². The Hall–Kier alpha value is -3.19. The molecule has 144 valence electrons. The Balaban J connectivity index is 1.29. The van der Waals surface area contributed by atoms with Crippen molar-refractivity contribution in [2.45, 2.75) is 25.6 Å². The SMILES string of the molecule is O=C(CCc1cccc(COc2ccc(-c3ccn[nH]3)nc2)c1)N1CC(O)C1. The maximum Gasteiger partial charge on any atom is 0.223 e. The molecule has 0 saturated carbocycles. The highest BCUT2D eigenvalue weighted by molar-refractivity contribution is 5.77. The highest BCUT2D eigenvalue weighted by Crippen LogP contribution is 2.18. The Morgan fingerprint density at radius 2 is 2.07 bits per heavy atom. The molecular formula is C21H22N4O3. The number of nitrogens with one attached hydrogen (secondary N) is 1. The summed E-state index contributed by atoms with van der Waals surface area (Å²) >= 11 is 0. The topological polar surface area (TPSA) is 91.3 Å². The van der Waals surface area contributed by atoms with Crippen LogP contribution < -0.4 is 4.74 Å². The summed E-state index contributed by atoms with van der Waals surface area (Å²) in [5.74, 6) is 0.788. The molecule has 1 aromatic carbocycles. The third-order valence-electron chi connectivity index (χ3n) is 4.75. The lowest BCUT2D eigenvalue weighted by Gasteiger charge is -2.35. The molecule has 7 nitrogen and oxygen atoms in total. The molecule has 1 fully saturated rings. The number of benzene rings is 1. The second-order valence-electron chi connectivity index (χ2n) is 6.91. The normalized spacial score (nSPS) is 14.0. The van der Waals surface area contributed by atoms with Crippen LogP contribution >= 0.6 is 0 Å². The van der Waals surface area contributed by atoms with Crippen LogP contribution in [0.25, 0.3) is 11.4 Å². The number of H-pyrrole nitrogens is 1. The second-order valence-corrected chi connectivity index (χ2v) is 6.91. The Morgan fingerprint density at radius 1 is 1.21 bits per heavy atom. The largest absolute Gasteiger partial charge is 0.487 e. The average molecular weight is 378 g/mol. The van der Waals surface area contributed by atoms with Crippen LogP contribution in [0, 0.1) is 0 Å². The molecule has 3 aromatic rings. The van der Waals surface area contributed by atoms with Crippen molar-refractivity contribution in [1.29, 1.82) is 0 Å². The van der Waals surface area contributed by atoms with Gasteiger partial charge in [-0.3, -0.25) is 14.9 Å². The summed E-state index contributed by atoms with van der Waals surface area (Å²) < 4.78 is 5.83. The number of amides is 1. The number of rotatable bonds is 7. The predicted octanol–water partition coefficient (Wildman–Crippen LogP) is 2.19. The number of hydrogen-bond donors (Lipinski definition) is 2. The van der Waals surface area contributed by atoms with E-state index in [1.54, 1.807) is 17.3 Å². The predicted molar refractivity (Wildman–Crippen MR) is 104 cm³/mol. The third-order valence-corrected chi connectivity index (χ3v) is 4.75. The molecule has 1 aliphatic rings. The maximum atomic E-state index is 12.0. The van der Waals surface area contributed by atoms with Gasteiger partial charge in [-0.05, 0) is 35.7 Å². The summed E-state index contributed by atoms with van der Waals surface area (Å²) in [5.41, 5.74) is 3.82. The van der Waals surface area contributed by atoms with E-state index in [2.05, 4.69) is 21.2 Å². The lowest BCUT2D eigenvalue weighted by atomic mass is 10.0. The van der Waals surface area contributed by atoms with Gasteiger partial charge < -0.3 is 14.7 Å². The summed E-state index contributed by atoms with van der Waals surface area (Å²) in [7, 11) is 0. The van der Waals surface area contributed by atoms with E-state index >= 15 is 0 Å². The van der Waals surface area contributed by atoms with Crippen LogP contribution in [0.2, 0.25) is 0 Å². The zero-order valence-electron chi connectivity index (χ0n) is 15.4. The molecule has 3 heterocycles. The molecule has 0 bridgehead atoms. The van der Waals surface area contributed by atoms with E-state index < -0.39 is 0 Å². The van der Waals surface area contributed by atoms with E-state index in [4.69, 9.17) is 4.74 Å². The number of likely N-dealkylation sites (tertiary alicyclic amines) is 1. The first kappa shape index (κ1) is 18.2. The summed E-state index contributed by atoms with van der Waals surface area (Å²) in [6.45, 7) is 1.35. The minimum atomic E-state index is -0.354. The molecule has 0 aliphatic carbocycles. The molecule has 2 aromatic heterocycles. The van der Waals surface area contributed by atoms with Gasteiger partial charge in [-0.2, -0.15) is 5.10 Å². The molecule has 0 atom stereocenters. The standard InChI is InChI=1S/C21H22N4O3/c26-17-12-25(13-17)21(27)7-4-15-2-1-3-16(10-15)14-28-18-5-6-19(22-11-18)20-8-9-23-24-20/h1-3,5-6,8-11,17,26H,4,7,12-14H2,(H,23,24). The molecule has 7 heteroatoms. The first-order valence-electron chi connectivity index (χ1n) is 9.29. The van der Waals surface area contributed by atoms with E-state index in [0.717, 1.165) is 22.5 Å². The van der Waals surface area contributed by atoms with E-state index in [1.807, 2.05) is 36.4 Å². The van der Waals surface area contributed by atoms with Gasteiger partial charge in [0.05, 0.1) is 23.7 Å². The molecule has 1 amide bonds. The maximum absolute atomic E-state index is 12.0. The van der Waals surface area contributed by atoms with Crippen LogP contribution in [-0.4, -0.2) is 50.3 Å². The van der Waals surface area contributed by atoms with Crippen molar-refractivity contribution in [1.82, 2.24) is 20.1 Å². The molecule has 28 heavy (non-hydrogen) atoms. The third kappa shape index (κ3) is 4.37. The zero-order chi connectivity index (χ0) is 19.3. The average Bonchev–Trinajstić information content (AvgIpc) is 3.24. The summed E-state index contributed by atoms with van der Waals surface area (Å²) in [4.78, 5) is 18.1.